The molecular formula is C11H25NO2. The Morgan fingerprint density at radius 3 is 2.36 bits per heavy atom. The second-order valence-electron chi connectivity index (χ2n) is 3.80. The van der Waals surface area contributed by atoms with E-state index in [0.717, 1.165) is 19.3 Å². The van der Waals surface area contributed by atoms with E-state index in [2.05, 4.69) is 13.8 Å². The van der Waals surface area contributed by atoms with E-state index in [4.69, 9.17) is 15.2 Å². The van der Waals surface area contributed by atoms with Gasteiger partial charge in [-0.1, -0.05) is 20.3 Å². The first kappa shape index (κ1) is 13.9. The highest BCUT2D eigenvalue weighted by molar-refractivity contribution is 4.72. The largest absolute Gasteiger partial charge is 0.382 e. The summed E-state index contributed by atoms with van der Waals surface area (Å²) in [6.07, 6.45) is 3.40. The summed E-state index contributed by atoms with van der Waals surface area (Å²) in [6, 6.07) is 0.157. The molecule has 0 saturated heterocycles. The van der Waals surface area contributed by atoms with Gasteiger partial charge in [-0.3, -0.25) is 0 Å². The predicted octanol–water partition coefficient (Wildman–Crippen LogP) is 1.94. The zero-order valence-corrected chi connectivity index (χ0v) is 9.95. The molecule has 0 aliphatic carbocycles. The van der Waals surface area contributed by atoms with Gasteiger partial charge in [-0.05, 0) is 19.8 Å². The molecule has 0 amide bonds. The first-order valence-electron chi connectivity index (χ1n) is 5.55. The van der Waals surface area contributed by atoms with E-state index in [0.29, 0.717) is 6.61 Å². The number of ether oxygens (including phenoxy) is 2. The molecule has 3 atom stereocenters. The van der Waals surface area contributed by atoms with Gasteiger partial charge >= 0.3 is 0 Å². The van der Waals surface area contributed by atoms with Crippen LogP contribution < -0.4 is 5.73 Å². The monoisotopic (exact) mass is 203 g/mol. The van der Waals surface area contributed by atoms with Crippen LogP contribution in [0.2, 0.25) is 0 Å². The highest BCUT2D eigenvalue weighted by atomic mass is 16.5. The molecule has 0 heterocycles. The lowest BCUT2D eigenvalue weighted by Gasteiger charge is -2.26. The Bertz CT molecular complexity index is 130. The molecule has 0 aromatic carbocycles. The summed E-state index contributed by atoms with van der Waals surface area (Å²) in [5, 5.41) is 0. The van der Waals surface area contributed by atoms with E-state index in [1.165, 1.54) is 0 Å². The zero-order valence-electron chi connectivity index (χ0n) is 9.95. The molecule has 0 rings (SSSR count). The highest BCUT2D eigenvalue weighted by Crippen LogP contribution is 2.10. The van der Waals surface area contributed by atoms with E-state index >= 15 is 0 Å². The van der Waals surface area contributed by atoms with Crippen LogP contribution >= 0.6 is 0 Å². The first-order valence-corrected chi connectivity index (χ1v) is 5.55. The van der Waals surface area contributed by atoms with E-state index in [1.54, 1.807) is 7.11 Å². The van der Waals surface area contributed by atoms with Crippen LogP contribution in [0.1, 0.15) is 40.0 Å². The molecule has 3 nitrogen and oxygen atoms in total. The maximum absolute atomic E-state index is 6.02. The lowest BCUT2D eigenvalue weighted by Crippen LogP contribution is -2.39. The second-order valence-corrected chi connectivity index (χ2v) is 3.80. The lowest BCUT2D eigenvalue weighted by molar-refractivity contribution is -0.0506. The maximum atomic E-state index is 6.02. The van der Waals surface area contributed by atoms with Gasteiger partial charge in [-0.2, -0.15) is 0 Å². The molecule has 14 heavy (non-hydrogen) atoms. The van der Waals surface area contributed by atoms with E-state index in [9.17, 15) is 0 Å². The van der Waals surface area contributed by atoms with Crippen LogP contribution in [-0.2, 0) is 9.47 Å². The van der Waals surface area contributed by atoms with Gasteiger partial charge in [0.15, 0.2) is 0 Å². The standard InChI is InChI=1S/C11H25NO2/c1-5-7-10(12)11(6-2)14-9(3)8-13-4/h9-11H,5-8,12H2,1-4H3. The predicted molar refractivity (Wildman–Crippen MR) is 59.4 cm³/mol. The molecule has 0 aromatic rings. The van der Waals surface area contributed by atoms with Gasteiger partial charge in [0.05, 0.1) is 18.8 Å². The third kappa shape index (κ3) is 5.58. The van der Waals surface area contributed by atoms with Crippen LogP contribution in [0.25, 0.3) is 0 Å². The summed E-state index contributed by atoms with van der Waals surface area (Å²) in [5.74, 6) is 0. The van der Waals surface area contributed by atoms with Crippen molar-refractivity contribution in [3.8, 4) is 0 Å². The van der Waals surface area contributed by atoms with Crippen molar-refractivity contribution in [1.29, 1.82) is 0 Å². The Morgan fingerprint density at radius 1 is 1.29 bits per heavy atom. The molecule has 0 bridgehead atoms. The summed E-state index contributed by atoms with van der Waals surface area (Å²) >= 11 is 0. The second kappa shape index (κ2) is 8.21. The normalized spacial score (nSPS) is 17.8. The Hall–Kier alpha value is -0.120. The number of nitrogens with two attached hydrogens (primary N) is 1. The molecule has 0 radical (unpaired) electrons. The Balaban J connectivity index is 3.87. The van der Waals surface area contributed by atoms with Gasteiger partial charge in [0.25, 0.3) is 0 Å². The van der Waals surface area contributed by atoms with E-state index in [-0.39, 0.29) is 18.2 Å². The van der Waals surface area contributed by atoms with Crippen molar-refractivity contribution in [3.63, 3.8) is 0 Å². The van der Waals surface area contributed by atoms with Crippen molar-refractivity contribution in [2.45, 2.75) is 58.3 Å². The van der Waals surface area contributed by atoms with E-state index in [1.807, 2.05) is 6.92 Å². The van der Waals surface area contributed by atoms with Crippen molar-refractivity contribution in [2.75, 3.05) is 13.7 Å². The molecule has 0 saturated carbocycles. The quantitative estimate of drug-likeness (QED) is 0.655. The Labute approximate surface area is 88.0 Å². The summed E-state index contributed by atoms with van der Waals surface area (Å²) in [5.41, 5.74) is 6.02. The van der Waals surface area contributed by atoms with Gasteiger partial charge in [0, 0.05) is 13.2 Å². The lowest BCUT2D eigenvalue weighted by atomic mass is 10.0. The molecule has 0 fully saturated rings. The minimum atomic E-state index is 0.132. The minimum Gasteiger partial charge on any atom is -0.382 e. The fraction of sp³-hybridized carbons (Fsp3) is 1.00. The third-order valence-electron chi connectivity index (χ3n) is 2.31. The molecule has 86 valence electrons. The molecule has 0 spiro atoms. The Kier molecular flexibility index (Phi) is 8.14. The number of hydrogen-bond acceptors (Lipinski definition) is 3. The number of hydrogen-bond donors (Lipinski definition) is 1. The fourth-order valence-electron chi connectivity index (χ4n) is 1.59. The maximum Gasteiger partial charge on any atom is 0.0784 e. The summed E-state index contributed by atoms with van der Waals surface area (Å²) in [6.45, 7) is 6.91. The average Bonchev–Trinajstić information content (AvgIpc) is 2.15. The molecule has 2 N–H and O–H groups in total. The summed E-state index contributed by atoms with van der Waals surface area (Å²) < 4.78 is 10.8. The fourth-order valence-corrected chi connectivity index (χ4v) is 1.59. The third-order valence-corrected chi connectivity index (χ3v) is 2.31. The summed E-state index contributed by atoms with van der Waals surface area (Å²) in [7, 11) is 1.69. The van der Waals surface area contributed by atoms with Crippen LogP contribution in [0, 0.1) is 0 Å². The number of rotatable bonds is 8. The smallest absolute Gasteiger partial charge is 0.0784 e. The van der Waals surface area contributed by atoms with Gasteiger partial charge < -0.3 is 15.2 Å². The SMILES string of the molecule is CCCC(N)C(CC)OC(C)COC. The molecule has 3 heteroatoms. The topological polar surface area (TPSA) is 44.5 Å². The molecular weight excluding hydrogens is 178 g/mol. The molecule has 0 aliphatic rings. The van der Waals surface area contributed by atoms with Gasteiger partial charge in [-0.15, -0.1) is 0 Å². The van der Waals surface area contributed by atoms with Crippen molar-refractivity contribution in [1.82, 2.24) is 0 Å². The van der Waals surface area contributed by atoms with Crippen molar-refractivity contribution in [2.24, 2.45) is 5.73 Å². The summed E-state index contributed by atoms with van der Waals surface area (Å²) in [4.78, 5) is 0. The average molecular weight is 203 g/mol. The van der Waals surface area contributed by atoms with E-state index < -0.39 is 0 Å². The number of methoxy groups -OCH3 is 1. The molecule has 0 aliphatic heterocycles. The van der Waals surface area contributed by atoms with Gasteiger partial charge in [0.2, 0.25) is 0 Å². The van der Waals surface area contributed by atoms with Gasteiger partial charge in [-0.25, -0.2) is 0 Å². The van der Waals surface area contributed by atoms with Crippen LogP contribution in [0.4, 0.5) is 0 Å². The van der Waals surface area contributed by atoms with Crippen molar-refractivity contribution >= 4 is 0 Å². The van der Waals surface area contributed by atoms with Crippen LogP contribution in [0.15, 0.2) is 0 Å². The minimum absolute atomic E-state index is 0.132. The van der Waals surface area contributed by atoms with Crippen LogP contribution in [-0.4, -0.2) is 32.0 Å². The van der Waals surface area contributed by atoms with Crippen LogP contribution in [0.5, 0.6) is 0 Å². The highest BCUT2D eigenvalue weighted by Gasteiger charge is 2.18. The molecule has 0 aromatic heterocycles. The van der Waals surface area contributed by atoms with Crippen LogP contribution in [0.3, 0.4) is 0 Å². The first-order chi connectivity index (χ1) is 6.65. The van der Waals surface area contributed by atoms with Gasteiger partial charge in [0.1, 0.15) is 0 Å². The van der Waals surface area contributed by atoms with Crippen molar-refractivity contribution in [3.05, 3.63) is 0 Å². The molecule has 3 unspecified atom stereocenters. The van der Waals surface area contributed by atoms with Crippen molar-refractivity contribution < 1.29 is 9.47 Å². The zero-order chi connectivity index (χ0) is 11.0. The Morgan fingerprint density at radius 2 is 1.93 bits per heavy atom.